The second kappa shape index (κ2) is 10.8. The maximum atomic E-state index is 6.65. The zero-order valence-corrected chi connectivity index (χ0v) is 28.7. The van der Waals surface area contributed by atoms with E-state index < -0.39 is 0 Å². The van der Waals surface area contributed by atoms with E-state index in [1.165, 1.54) is 97.7 Å². The lowest BCUT2D eigenvalue weighted by Crippen LogP contribution is -1.92. The molecule has 1 nitrogen and oxygen atoms in total. The zero-order valence-electron chi connectivity index (χ0n) is 28.7. The van der Waals surface area contributed by atoms with Crippen molar-refractivity contribution in [2.45, 2.75) is 0 Å². The van der Waals surface area contributed by atoms with Crippen LogP contribution in [0, 0.1) is 0 Å². The molecule has 244 valence electrons. The summed E-state index contributed by atoms with van der Waals surface area (Å²) in [6.07, 6.45) is 0. The molecule has 12 rings (SSSR count). The minimum Gasteiger partial charge on any atom is -0.456 e. The maximum Gasteiger partial charge on any atom is 0.136 e. The summed E-state index contributed by atoms with van der Waals surface area (Å²) in [5.74, 6) is 0. The molecule has 53 heavy (non-hydrogen) atoms. The van der Waals surface area contributed by atoms with Crippen LogP contribution in [0.15, 0.2) is 186 Å². The average molecular weight is 671 g/mol. The van der Waals surface area contributed by atoms with Crippen molar-refractivity contribution in [2.24, 2.45) is 0 Å². The number of hydrogen-bond acceptors (Lipinski definition) is 1. The second-order valence-electron chi connectivity index (χ2n) is 14.3. The average Bonchev–Trinajstić information content (AvgIpc) is 3.58. The molecule has 0 radical (unpaired) electrons. The highest BCUT2D eigenvalue weighted by molar-refractivity contribution is 6.30. The highest BCUT2D eigenvalue weighted by atomic mass is 16.3. The first kappa shape index (κ1) is 28.7. The van der Waals surface area contributed by atoms with Crippen molar-refractivity contribution in [3.63, 3.8) is 0 Å². The van der Waals surface area contributed by atoms with Crippen LogP contribution in [0.2, 0.25) is 0 Å². The number of rotatable bonds is 2. The van der Waals surface area contributed by atoms with Crippen molar-refractivity contribution in [3.05, 3.63) is 182 Å². The van der Waals surface area contributed by atoms with E-state index in [9.17, 15) is 0 Å². The topological polar surface area (TPSA) is 13.1 Å². The van der Waals surface area contributed by atoms with E-state index in [0.717, 1.165) is 21.9 Å². The van der Waals surface area contributed by atoms with Gasteiger partial charge in [0.25, 0.3) is 0 Å². The SMILES string of the molecule is c1ccc2c(-c3c4ccccc4c(-c4ccc5oc6cc7c8ccccc8c8ccccc8c7cc6c5c4)c4ccccc34)c3ccccc3cc2c1. The van der Waals surface area contributed by atoms with E-state index in [2.05, 4.69) is 182 Å². The maximum absolute atomic E-state index is 6.65. The Morgan fingerprint density at radius 3 is 1.17 bits per heavy atom. The van der Waals surface area contributed by atoms with Crippen LogP contribution in [0.4, 0.5) is 0 Å². The first-order valence-corrected chi connectivity index (χ1v) is 18.3. The third-order valence-electron chi connectivity index (χ3n) is 11.6. The van der Waals surface area contributed by atoms with Gasteiger partial charge in [-0.1, -0.05) is 152 Å². The first-order valence-electron chi connectivity index (χ1n) is 18.3. The molecular weight excluding hydrogens is 641 g/mol. The van der Waals surface area contributed by atoms with Crippen molar-refractivity contribution in [2.75, 3.05) is 0 Å². The van der Waals surface area contributed by atoms with Crippen LogP contribution in [0.25, 0.3) is 120 Å². The third kappa shape index (κ3) is 4.02. The Hall–Kier alpha value is -6.96. The molecule has 0 amide bonds. The van der Waals surface area contributed by atoms with Crippen LogP contribution >= 0.6 is 0 Å². The van der Waals surface area contributed by atoms with Crippen molar-refractivity contribution in [1.29, 1.82) is 0 Å². The van der Waals surface area contributed by atoms with Gasteiger partial charge in [0.15, 0.2) is 0 Å². The van der Waals surface area contributed by atoms with Gasteiger partial charge in [0.1, 0.15) is 11.2 Å². The zero-order chi connectivity index (χ0) is 34.6. The summed E-state index contributed by atoms with van der Waals surface area (Å²) in [6.45, 7) is 0. The molecule has 0 unspecified atom stereocenters. The molecule has 0 spiro atoms. The summed E-state index contributed by atoms with van der Waals surface area (Å²) in [5.41, 5.74) is 6.83. The fourth-order valence-electron chi connectivity index (χ4n) is 9.32. The molecule has 0 saturated carbocycles. The quantitative estimate of drug-likeness (QED) is 0.132. The van der Waals surface area contributed by atoms with Gasteiger partial charge in [0.05, 0.1) is 0 Å². The number of fused-ring (bicyclic) bond motifs is 13. The van der Waals surface area contributed by atoms with Crippen LogP contribution in [0.3, 0.4) is 0 Å². The molecule has 0 atom stereocenters. The van der Waals surface area contributed by atoms with Gasteiger partial charge in [-0.25, -0.2) is 0 Å². The minimum atomic E-state index is 0.903. The van der Waals surface area contributed by atoms with Crippen molar-refractivity contribution in [3.8, 4) is 22.3 Å². The molecule has 0 saturated heterocycles. The molecule has 0 N–H and O–H groups in total. The highest BCUT2D eigenvalue weighted by Crippen LogP contribution is 2.48. The lowest BCUT2D eigenvalue weighted by Gasteiger charge is -2.20. The Labute approximate surface area is 304 Å². The molecule has 0 aliphatic heterocycles. The fraction of sp³-hybridized carbons (Fsp3) is 0. The summed E-state index contributed by atoms with van der Waals surface area (Å²) < 4.78 is 6.65. The lowest BCUT2D eigenvalue weighted by atomic mass is 9.83. The van der Waals surface area contributed by atoms with Crippen molar-refractivity contribution in [1.82, 2.24) is 0 Å². The first-order chi connectivity index (χ1) is 26.3. The van der Waals surface area contributed by atoms with Gasteiger partial charge < -0.3 is 4.42 Å². The molecule has 12 aromatic rings. The highest BCUT2D eigenvalue weighted by Gasteiger charge is 2.21. The van der Waals surface area contributed by atoms with E-state index in [-0.39, 0.29) is 0 Å². The van der Waals surface area contributed by atoms with Gasteiger partial charge in [-0.3, -0.25) is 0 Å². The largest absolute Gasteiger partial charge is 0.456 e. The van der Waals surface area contributed by atoms with E-state index >= 15 is 0 Å². The lowest BCUT2D eigenvalue weighted by molar-refractivity contribution is 0.669. The van der Waals surface area contributed by atoms with Gasteiger partial charge >= 0.3 is 0 Å². The Morgan fingerprint density at radius 1 is 0.226 bits per heavy atom. The number of hydrogen-bond donors (Lipinski definition) is 0. The molecule has 0 aliphatic carbocycles. The predicted octanol–water partition coefficient (Wildman–Crippen LogP) is 15.0. The van der Waals surface area contributed by atoms with Crippen LogP contribution in [-0.4, -0.2) is 0 Å². The van der Waals surface area contributed by atoms with Gasteiger partial charge in [0.2, 0.25) is 0 Å². The van der Waals surface area contributed by atoms with E-state index in [0.29, 0.717) is 0 Å². The van der Waals surface area contributed by atoms with Crippen molar-refractivity contribution >= 4 is 97.3 Å². The van der Waals surface area contributed by atoms with Crippen LogP contribution in [-0.2, 0) is 0 Å². The van der Waals surface area contributed by atoms with E-state index in [1.807, 2.05) is 0 Å². The molecule has 1 aromatic heterocycles. The van der Waals surface area contributed by atoms with Gasteiger partial charge in [-0.2, -0.15) is 0 Å². The van der Waals surface area contributed by atoms with Crippen LogP contribution in [0.1, 0.15) is 0 Å². The fourth-order valence-corrected chi connectivity index (χ4v) is 9.32. The molecule has 0 aliphatic rings. The number of benzene rings is 11. The Balaban J connectivity index is 1.18. The van der Waals surface area contributed by atoms with Crippen LogP contribution < -0.4 is 0 Å². The molecule has 0 bridgehead atoms. The Morgan fingerprint density at radius 2 is 0.623 bits per heavy atom. The second-order valence-corrected chi connectivity index (χ2v) is 14.3. The van der Waals surface area contributed by atoms with E-state index in [1.54, 1.807) is 0 Å². The molecule has 0 fully saturated rings. The molecule has 1 heteroatoms. The number of furan rings is 1. The van der Waals surface area contributed by atoms with Gasteiger partial charge in [-0.05, 0) is 128 Å². The monoisotopic (exact) mass is 670 g/mol. The minimum absolute atomic E-state index is 0.903. The molecular formula is C52H30O. The summed E-state index contributed by atoms with van der Waals surface area (Å²) >= 11 is 0. The van der Waals surface area contributed by atoms with Gasteiger partial charge in [-0.15, -0.1) is 0 Å². The smallest absolute Gasteiger partial charge is 0.136 e. The summed E-state index contributed by atoms with van der Waals surface area (Å²) in [6, 6.07) is 66.8. The normalized spacial score (nSPS) is 12.2. The molecule has 11 aromatic carbocycles. The summed E-state index contributed by atoms with van der Waals surface area (Å²) in [7, 11) is 0. The summed E-state index contributed by atoms with van der Waals surface area (Å²) in [5, 5.41) is 19.9. The van der Waals surface area contributed by atoms with E-state index in [4.69, 9.17) is 4.42 Å². The van der Waals surface area contributed by atoms with Crippen molar-refractivity contribution < 1.29 is 4.42 Å². The Kier molecular flexibility index (Phi) is 5.84. The summed E-state index contributed by atoms with van der Waals surface area (Å²) in [4.78, 5) is 0. The van der Waals surface area contributed by atoms with Gasteiger partial charge in [0, 0.05) is 10.8 Å². The third-order valence-corrected chi connectivity index (χ3v) is 11.6. The van der Waals surface area contributed by atoms with Crippen LogP contribution in [0.5, 0.6) is 0 Å². The standard InChI is InChI=1S/C52H30O/c1-3-15-34-31(13-1)27-32-14-2-4-16-35(32)51(34)52-42-23-11-9-21-40(42)50(41-22-10-12-24-43(41)52)33-25-26-48-46(28-33)47-29-44-38-19-7-5-17-36(38)37-18-6-8-20-39(37)45(44)30-49(47)53-48/h1-30H. The molecule has 1 heterocycles. The predicted molar refractivity (Wildman–Crippen MR) is 227 cm³/mol. The Bertz CT molecular complexity index is 3400.